The highest BCUT2D eigenvalue weighted by Crippen LogP contribution is 2.29. The second-order valence-electron chi connectivity index (χ2n) is 5.97. The maximum Gasteiger partial charge on any atom is 0.223 e. The standard InChI is InChI=1S/C18H27NO2/c1-3-18(21-2,16-12-8-5-9-13-16)14-19-17(20)15-10-6-4-7-11-15/h5,8-9,12-13,15H,3-4,6-7,10-11,14H2,1-2H3,(H,19,20). The first kappa shape index (κ1) is 16.0. The molecule has 3 heteroatoms. The summed E-state index contributed by atoms with van der Waals surface area (Å²) in [5.41, 5.74) is 0.699. The van der Waals surface area contributed by atoms with Gasteiger partial charge in [0.05, 0.1) is 6.54 Å². The normalized spacial score (nSPS) is 19.0. The fourth-order valence-corrected chi connectivity index (χ4v) is 3.25. The van der Waals surface area contributed by atoms with Gasteiger partial charge in [-0.1, -0.05) is 56.5 Å². The molecule has 2 rings (SSSR count). The molecule has 116 valence electrons. The van der Waals surface area contributed by atoms with Crippen molar-refractivity contribution < 1.29 is 9.53 Å². The van der Waals surface area contributed by atoms with Gasteiger partial charge < -0.3 is 10.1 Å². The Labute approximate surface area is 128 Å². The van der Waals surface area contributed by atoms with E-state index in [1.807, 2.05) is 18.2 Å². The first-order chi connectivity index (χ1) is 10.2. The second kappa shape index (κ2) is 7.60. The van der Waals surface area contributed by atoms with Crippen molar-refractivity contribution in [3.63, 3.8) is 0 Å². The predicted octanol–water partition coefficient (Wildman–Crippen LogP) is 3.63. The molecular formula is C18H27NO2. The number of rotatable bonds is 6. The van der Waals surface area contributed by atoms with E-state index in [0.29, 0.717) is 6.54 Å². The summed E-state index contributed by atoms with van der Waals surface area (Å²) in [6.45, 7) is 2.64. The van der Waals surface area contributed by atoms with Gasteiger partial charge in [0, 0.05) is 13.0 Å². The monoisotopic (exact) mass is 289 g/mol. The third-order valence-electron chi connectivity index (χ3n) is 4.79. The Morgan fingerprint density at radius 3 is 2.48 bits per heavy atom. The second-order valence-corrected chi connectivity index (χ2v) is 5.97. The predicted molar refractivity (Wildman–Crippen MR) is 85.0 cm³/mol. The Morgan fingerprint density at radius 1 is 1.24 bits per heavy atom. The minimum atomic E-state index is -0.425. The zero-order valence-corrected chi connectivity index (χ0v) is 13.2. The average molecular weight is 289 g/mol. The summed E-state index contributed by atoms with van der Waals surface area (Å²) >= 11 is 0. The zero-order valence-electron chi connectivity index (χ0n) is 13.2. The Bertz CT molecular complexity index is 434. The first-order valence-corrected chi connectivity index (χ1v) is 8.10. The number of benzene rings is 1. The summed E-state index contributed by atoms with van der Waals surface area (Å²) in [7, 11) is 1.73. The molecule has 1 aromatic rings. The Morgan fingerprint density at radius 2 is 1.90 bits per heavy atom. The van der Waals surface area contributed by atoms with Gasteiger partial charge in [-0.15, -0.1) is 0 Å². The van der Waals surface area contributed by atoms with Gasteiger partial charge in [0.15, 0.2) is 0 Å². The van der Waals surface area contributed by atoms with Crippen LogP contribution in [-0.4, -0.2) is 19.6 Å². The molecule has 21 heavy (non-hydrogen) atoms. The summed E-state index contributed by atoms with van der Waals surface area (Å²) in [6, 6.07) is 10.2. The minimum Gasteiger partial charge on any atom is -0.372 e. The lowest BCUT2D eigenvalue weighted by Gasteiger charge is -2.33. The number of hydrogen-bond donors (Lipinski definition) is 1. The topological polar surface area (TPSA) is 38.3 Å². The summed E-state index contributed by atoms with van der Waals surface area (Å²) < 4.78 is 5.80. The smallest absolute Gasteiger partial charge is 0.223 e. The number of amides is 1. The van der Waals surface area contributed by atoms with Gasteiger partial charge in [-0.2, -0.15) is 0 Å². The molecule has 1 aliphatic rings. The molecule has 1 fully saturated rings. The van der Waals surface area contributed by atoms with Crippen molar-refractivity contribution >= 4 is 5.91 Å². The highest BCUT2D eigenvalue weighted by Gasteiger charge is 2.31. The molecule has 0 heterocycles. The van der Waals surface area contributed by atoms with Crippen LogP contribution in [0.3, 0.4) is 0 Å². The fourth-order valence-electron chi connectivity index (χ4n) is 3.25. The molecule has 1 amide bonds. The minimum absolute atomic E-state index is 0.195. The van der Waals surface area contributed by atoms with E-state index in [1.165, 1.54) is 19.3 Å². The number of hydrogen-bond acceptors (Lipinski definition) is 2. The van der Waals surface area contributed by atoms with E-state index in [4.69, 9.17) is 4.74 Å². The van der Waals surface area contributed by atoms with Crippen molar-refractivity contribution in [2.24, 2.45) is 5.92 Å². The zero-order chi connectivity index (χ0) is 15.1. The van der Waals surface area contributed by atoms with Crippen molar-refractivity contribution in [1.29, 1.82) is 0 Å². The first-order valence-electron chi connectivity index (χ1n) is 8.10. The van der Waals surface area contributed by atoms with Gasteiger partial charge in [-0.3, -0.25) is 4.79 Å². The quantitative estimate of drug-likeness (QED) is 0.868. The van der Waals surface area contributed by atoms with E-state index in [9.17, 15) is 4.79 Å². The molecular weight excluding hydrogens is 262 g/mol. The maximum atomic E-state index is 12.3. The molecule has 1 saturated carbocycles. The molecule has 0 radical (unpaired) electrons. The van der Waals surface area contributed by atoms with Crippen LogP contribution in [0.4, 0.5) is 0 Å². The van der Waals surface area contributed by atoms with Crippen LogP contribution in [0, 0.1) is 5.92 Å². The van der Waals surface area contributed by atoms with E-state index in [1.54, 1.807) is 7.11 Å². The summed E-state index contributed by atoms with van der Waals surface area (Å²) in [5, 5.41) is 3.13. The molecule has 1 atom stereocenters. The molecule has 0 spiro atoms. The molecule has 1 aromatic carbocycles. The van der Waals surface area contributed by atoms with Crippen molar-refractivity contribution in [1.82, 2.24) is 5.32 Å². The molecule has 0 aromatic heterocycles. The number of methoxy groups -OCH3 is 1. The maximum absolute atomic E-state index is 12.3. The van der Waals surface area contributed by atoms with Gasteiger partial charge >= 0.3 is 0 Å². The van der Waals surface area contributed by atoms with Crippen LogP contribution in [0.15, 0.2) is 30.3 Å². The van der Waals surface area contributed by atoms with Crippen LogP contribution in [0.5, 0.6) is 0 Å². The lowest BCUT2D eigenvalue weighted by molar-refractivity contribution is -0.127. The van der Waals surface area contributed by atoms with E-state index >= 15 is 0 Å². The lowest BCUT2D eigenvalue weighted by Crippen LogP contribution is -2.44. The van der Waals surface area contributed by atoms with Crippen molar-refractivity contribution in [2.45, 2.75) is 51.0 Å². The Kier molecular flexibility index (Phi) is 5.80. The number of carbonyl (C=O) groups excluding carboxylic acids is 1. The largest absolute Gasteiger partial charge is 0.372 e. The lowest BCUT2D eigenvalue weighted by atomic mass is 9.87. The third-order valence-corrected chi connectivity index (χ3v) is 4.79. The average Bonchev–Trinajstić information content (AvgIpc) is 2.58. The van der Waals surface area contributed by atoms with E-state index < -0.39 is 5.60 Å². The van der Waals surface area contributed by atoms with Gasteiger partial charge in [0.25, 0.3) is 0 Å². The molecule has 0 bridgehead atoms. The Hall–Kier alpha value is -1.35. The van der Waals surface area contributed by atoms with E-state index in [-0.39, 0.29) is 11.8 Å². The molecule has 1 N–H and O–H groups in total. The van der Waals surface area contributed by atoms with Crippen molar-refractivity contribution in [3.8, 4) is 0 Å². The van der Waals surface area contributed by atoms with Gasteiger partial charge in [-0.25, -0.2) is 0 Å². The fraction of sp³-hybridized carbons (Fsp3) is 0.611. The number of carbonyl (C=O) groups is 1. The van der Waals surface area contributed by atoms with Crippen molar-refractivity contribution in [2.75, 3.05) is 13.7 Å². The van der Waals surface area contributed by atoms with Crippen LogP contribution in [0.25, 0.3) is 0 Å². The van der Waals surface area contributed by atoms with Crippen LogP contribution in [0.1, 0.15) is 51.0 Å². The van der Waals surface area contributed by atoms with Crippen molar-refractivity contribution in [3.05, 3.63) is 35.9 Å². The van der Waals surface area contributed by atoms with E-state index in [2.05, 4.69) is 24.4 Å². The van der Waals surface area contributed by atoms with Gasteiger partial charge in [0.1, 0.15) is 5.60 Å². The van der Waals surface area contributed by atoms with Gasteiger partial charge in [0.2, 0.25) is 5.91 Å². The van der Waals surface area contributed by atoms with E-state index in [0.717, 1.165) is 24.8 Å². The number of nitrogens with one attached hydrogen (secondary N) is 1. The Balaban J connectivity index is 2.01. The highest BCUT2D eigenvalue weighted by atomic mass is 16.5. The molecule has 3 nitrogen and oxygen atoms in total. The van der Waals surface area contributed by atoms with Crippen LogP contribution in [0.2, 0.25) is 0 Å². The van der Waals surface area contributed by atoms with Crippen LogP contribution in [-0.2, 0) is 15.1 Å². The summed E-state index contributed by atoms with van der Waals surface area (Å²) in [5.74, 6) is 0.390. The summed E-state index contributed by atoms with van der Waals surface area (Å²) in [6.07, 6.45) is 6.52. The van der Waals surface area contributed by atoms with Gasteiger partial charge in [-0.05, 0) is 24.8 Å². The molecule has 0 saturated heterocycles. The molecule has 1 unspecified atom stereocenters. The SMILES string of the molecule is CCC(CNC(=O)C1CCCCC1)(OC)c1ccccc1. The summed E-state index contributed by atoms with van der Waals surface area (Å²) in [4.78, 5) is 12.3. The van der Waals surface area contributed by atoms with Crippen LogP contribution < -0.4 is 5.32 Å². The number of ether oxygens (including phenoxy) is 1. The molecule has 0 aliphatic heterocycles. The highest BCUT2D eigenvalue weighted by molar-refractivity contribution is 5.78. The molecule has 1 aliphatic carbocycles. The van der Waals surface area contributed by atoms with Crippen LogP contribution >= 0.6 is 0 Å². The third kappa shape index (κ3) is 3.85.